The van der Waals surface area contributed by atoms with Crippen LogP contribution in [0.5, 0.6) is 5.75 Å². The molecule has 1 aliphatic rings. The minimum absolute atomic E-state index is 0.0583. The number of rotatable bonds is 5. The predicted molar refractivity (Wildman–Crippen MR) is 97.6 cm³/mol. The fourth-order valence-corrected chi connectivity index (χ4v) is 3.31. The molecule has 1 fully saturated rings. The van der Waals surface area contributed by atoms with Crippen molar-refractivity contribution in [2.75, 3.05) is 27.7 Å². The highest BCUT2D eigenvalue weighted by Crippen LogP contribution is 2.32. The maximum atomic E-state index is 12.9. The number of aromatic nitrogens is 1. The van der Waals surface area contributed by atoms with Gasteiger partial charge < -0.3 is 14.5 Å². The smallest absolute Gasteiger partial charge is 0.254 e. The van der Waals surface area contributed by atoms with Crippen molar-refractivity contribution in [3.8, 4) is 5.75 Å². The molecule has 5 heteroatoms. The van der Waals surface area contributed by atoms with Crippen LogP contribution in [0, 0.1) is 0 Å². The third-order valence-corrected chi connectivity index (χ3v) is 4.54. The highest BCUT2D eigenvalue weighted by molar-refractivity contribution is 5.94. The van der Waals surface area contributed by atoms with Crippen LogP contribution in [0.3, 0.4) is 0 Å². The molecule has 0 unspecified atom stereocenters. The lowest BCUT2D eigenvalue weighted by Gasteiger charge is -2.24. The van der Waals surface area contributed by atoms with Gasteiger partial charge in [-0.15, -0.1) is 0 Å². The summed E-state index contributed by atoms with van der Waals surface area (Å²) in [5.41, 5.74) is 2.85. The normalized spacial score (nSPS) is 17.1. The second kappa shape index (κ2) is 7.66. The van der Waals surface area contributed by atoms with Gasteiger partial charge in [0.25, 0.3) is 5.91 Å². The fourth-order valence-electron chi connectivity index (χ4n) is 3.31. The molecule has 2 heterocycles. The first kappa shape index (κ1) is 17.4. The number of carbonyl (C=O) groups excluding carboxylic acids is 1. The van der Waals surface area contributed by atoms with Crippen LogP contribution in [-0.4, -0.2) is 48.4 Å². The van der Waals surface area contributed by atoms with Crippen molar-refractivity contribution in [3.05, 3.63) is 59.4 Å². The molecule has 0 saturated carbocycles. The van der Waals surface area contributed by atoms with E-state index in [0.717, 1.165) is 37.4 Å². The summed E-state index contributed by atoms with van der Waals surface area (Å²) >= 11 is 0. The van der Waals surface area contributed by atoms with Crippen LogP contribution in [0.15, 0.2) is 42.6 Å². The van der Waals surface area contributed by atoms with Crippen molar-refractivity contribution in [1.29, 1.82) is 0 Å². The summed E-state index contributed by atoms with van der Waals surface area (Å²) in [7, 11) is 5.71. The highest BCUT2D eigenvalue weighted by Gasteiger charge is 2.31. The largest absolute Gasteiger partial charge is 0.497 e. The summed E-state index contributed by atoms with van der Waals surface area (Å²) < 4.78 is 5.17. The molecule has 0 spiro atoms. The lowest BCUT2D eigenvalue weighted by molar-refractivity contribution is 0.0733. The first-order valence-electron chi connectivity index (χ1n) is 8.63. The van der Waals surface area contributed by atoms with E-state index in [0.29, 0.717) is 5.56 Å². The number of carbonyl (C=O) groups is 1. The maximum absolute atomic E-state index is 12.9. The van der Waals surface area contributed by atoms with E-state index in [-0.39, 0.29) is 11.9 Å². The minimum Gasteiger partial charge on any atom is -0.497 e. The second-order valence-electron chi connectivity index (χ2n) is 6.71. The molecule has 3 rings (SSSR count). The lowest BCUT2D eigenvalue weighted by atomic mass is 10.1. The Morgan fingerprint density at radius 2 is 2.00 bits per heavy atom. The minimum atomic E-state index is 0.0583. The molecular formula is C20H25N3O2. The van der Waals surface area contributed by atoms with E-state index in [4.69, 9.17) is 4.74 Å². The van der Waals surface area contributed by atoms with Gasteiger partial charge in [0.05, 0.1) is 18.8 Å². The molecule has 25 heavy (non-hydrogen) atoms. The lowest BCUT2D eigenvalue weighted by Crippen LogP contribution is -2.31. The Kier molecular flexibility index (Phi) is 5.34. The molecule has 132 valence electrons. The Morgan fingerprint density at radius 1 is 1.24 bits per heavy atom. The van der Waals surface area contributed by atoms with Crippen LogP contribution in [0.4, 0.5) is 0 Å². The van der Waals surface area contributed by atoms with E-state index in [1.807, 2.05) is 49.5 Å². The number of methoxy groups -OCH3 is 1. The average molecular weight is 339 g/mol. The first-order chi connectivity index (χ1) is 12.1. The standard InChI is InChI=1S/C20H25N3O2/c1-22(2)14-15-6-11-18(21-13-15)19-5-4-12-23(19)20(24)16-7-9-17(25-3)10-8-16/h6-11,13,19H,4-5,12,14H2,1-3H3/t19-/m0/s1. The van der Waals surface area contributed by atoms with Crippen LogP contribution in [0.25, 0.3) is 0 Å². The number of ether oxygens (including phenoxy) is 1. The SMILES string of the molecule is COc1ccc(C(=O)N2CCC[C@H]2c2ccc(CN(C)C)cn2)cc1. The van der Waals surface area contributed by atoms with Gasteiger partial charge in [-0.25, -0.2) is 0 Å². The molecule has 1 amide bonds. The third kappa shape index (κ3) is 3.99. The van der Waals surface area contributed by atoms with Crippen LogP contribution in [-0.2, 0) is 6.54 Å². The quantitative estimate of drug-likeness (QED) is 0.840. The third-order valence-electron chi connectivity index (χ3n) is 4.54. The summed E-state index contributed by atoms with van der Waals surface area (Å²) in [5.74, 6) is 0.817. The van der Waals surface area contributed by atoms with E-state index in [9.17, 15) is 4.79 Å². The van der Waals surface area contributed by atoms with Gasteiger partial charge in [-0.05, 0) is 62.8 Å². The van der Waals surface area contributed by atoms with Gasteiger partial charge in [0.15, 0.2) is 0 Å². The number of hydrogen-bond donors (Lipinski definition) is 0. The fraction of sp³-hybridized carbons (Fsp3) is 0.400. The van der Waals surface area contributed by atoms with Gasteiger partial charge in [0.2, 0.25) is 0 Å². The van der Waals surface area contributed by atoms with Gasteiger partial charge in [-0.1, -0.05) is 6.07 Å². The maximum Gasteiger partial charge on any atom is 0.254 e. The first-order valence-corrected chi connectivity index (χ1v) is 8.63. The van der Waals surface area contributed by atoms with Crippen LogP contribution >= 0.6 is 0 Å². The van der Waals surface area contributed by atoms with E-state index >= 15 is 0 Å². The molecule has 0 N–H and O–H groups in total. The Hall–Kier alpha value is -2.40. The number of nitrogens with zero attached hydrogens (tertiary/aromatic N) is 3. The monoisotopic (exact) mass is 339 g/mol. The zero-order valence-corrected chi connectivity index (χ0v) is 15.1. The molecular weight excluding hydrogens is 314 g/mol. The predicted octanol–water partition coefficient (Wildman–Crippen LogP) is 3.13. The van der Waals surface area contributed by atoms with E-state index in [2.05, 4.69) is 22.0 Å². The molecule has 2 aromatic rings. The molecule has 0 aliphatic carbocycles. The van der Waals surface area contributed by atoms with Gasteiger partial charge in [0.1, 0.15) is 5.75 Å². The number of pyridine rings is 1. The Balaban J connectivity index is 1.76. The summed E-state index contributed by atoms with van der Waals surface area (Å²) in [5, 5.41) is 0. The van der Waals surface area contributed by atoms with Crippen molar-refractivity contribution in [2.45, 2.75) is 25.4 Å². The van der Waals surface area contributed by atoms with Crippen molar-refractivity contribution in [1.82, 2.24) is 14.8 Å². The topological polar surface area (TPSA) is 45.7 Å². The van der Waals surface area contributed by atoms with Gasteiger partial charge in [0, 0.05) is 24.8 Å². The summed E-state index contributed by atoms with van der Waals surface area (Å²) in [6.45, 7) is 1.64. The summed E-state index contributed by atoms with van der Waals surface area (Å²) in [4.78, 5) is 21.6. The molecule has 1 aromatic carbocycles. The van der Waals surface area contributed by atoms with Crippen LogP contribution in [0.1, 0.15) is 40.5 Å². The molecule has 1 aromatic heterocycles. The Bertz CT molecular complexity index is 711. The van der Waals surface area contributed by atoms with Crippen LogP contribution < -0.4 is 4.74 Å². The van der Waals surface area contributed by atoms with E-state index < -0.39 is 0 Å². The van der Waals surface area contributed by atoms with Crippen molar-refractivity contribution < 1.29 is 9.53 Å². The molecule has 1 aliphatic heterocycles. The van der Waals surface area contributed by atoms with Gasteiger partial charge >= 0.3 is 0 Å². The van der Waals surface area contributed by atoms with Crippen molar-refractivity contribution >= 4 is 5.91 Å². The highest BCUT2D eigenvalue weighted by atomic mass is 16.5. The average Bonchev–Trinajstić information content (AvgIpc) is 3.11. The summed E-state index contributed by atoms with van der Waals surface area (Å²) in [6, 6.07) is 11.5. The Morgan fingerprint density at radius 3 is 2.60 bits per heavy atom. The molecule has 5 nitrogen and oxygen atoms in total. The number of likely N-dealkylation sites (tertiary alicyclic amines) is 1. The molecule has 1 atom stereocenters. The van der Waals surface area contributed by atoms with E-state index in [1.165, 1.54) is 5.56 Å². The number of benzene rings is 1. The zero-order valence-electron chi connectivity index (χ0n) is 15.1. The van der Waals surface area contributed by atoms with Crippen LogP contribution in [0.2, 0.25) is 0 Å². The van der Waals surface area contributed by atoms with E-state index in [1.54, 1.807) is 7.11 Å². The van der Waals surface area contributed by atoms with Crippen molar-refractivity contribution in [2.24, 2.45) is 0 Å². The summed E-state index contributed by atoms with van der Waals surface area (Å²) in [6.07, 6.45) is 3.89. The number of hydrogen-bond acceptors (Lipinski definition) is 4. The second-order valence-corrected chi connectivity index (χ2v) is 6.71. The van der Waals surface area contributed by atoms with Gasteiger partial charge in [-0.3, -0.25) is 9.78 Å². The number of amides is 1. The molecule has 0 bridgehead atoms. The van der Waals surface area contributed by atoms with Crippen molar-refractivity contribution in [3.63, 3.8) is 0 Å². The van der Waals surface area contributed by atoms with Gasteiger partial charge in [-0.2, -0.15) is 0 Å². The molecule has 1 saturated heterocycles. The zero-order chi connectivity index (χ0) is 17.8. The molecule has 0 radical (unpaired) electrons. The Labute approximate surface area is 149 Å².